The van der Waals surface area contributed by atoms with E-state index >= 15 is 0 Å². The number of methoxy groups -OCH3 is 3. The second-order valence-electron chi connectivity index (χ2n) is 7.11. The van der Waals surface area contributed by atoms with Gasteiger partial charge in [-0.15, -0.1) is 11.3 Å². The first-order chi connectivity index (χ1) is 14.2. The molecule has 29 heavy (non-hydrogen) atoms. The van der Waals surface area contributed by atoms with Crippen molar-refractivity contribution in [3.63, 3.8) is 0 Å². The van der Waals surface area contributed by atoms with Crippen molar-refractivity contribution in [2.24, 2.45) is 0 Å². The molecule has 2 heterocycles. The monoisotopic (exact) mass is 418 g/mol. The molecule has 0 spiro atoms. The van der Waals surface area contributed by atoms with Crippen molar-refractivity contribution in [2.75, 3.05) is 41.0 Å². The van der Waals surface area contributed by atoms with E-state index in [4.69, 9.17) is 14.2 Å². The largest absolute Gasteiger partial charge is 0.493 e. The number of nitrogens with zero attached hydrogens (tertiary/aromatic N) is 1. The Balaban J connectivity index is 1.76. The number of carbonyl (C=O) groups is 1. The Morgan fingerprint density at radius 1 is 1.07 bits per heavy atom. The summed E-state index contributed by atoms with van der Waals surface area (Å²) in [5.74, 6) is 1.27. The molecular formula is C22H30N2O4S. The van der Waals surface area contributed by atoms with E-state index in [0.29, 0.717) is 29.4 Å². The van der Waals surface area contributed by atoms with Crippen LogP contribution in [0.2, 0.25) is 0 Å². The lowest BCUT2D eigenvalue weighted by Gasteiger charge is -2.30. The van der Waals surface area contributed by atoms with Gasteiger partial charge in [-0.1, -0.05) is 18.9 Å². The van der Waals surface area contributed by atoms with Crippen LogP contribution in [0, 0.1) is 0 Å². The number of ether oxygens (including phenoxy) is 3. The standard InChI is InChI=1S/C22H30N2O4S/c1-26-18-13-16(14-19(27-2)21(18)28-3)22(25)23-15-17(20-9-8-12-29-20)24-10-6-4-5-7-11-24/h8-9,12-14,17H,4-7,10-11,15H2,1-3H3,(H,23,25). The summed E-state index contributed by atoms with van der Waals surface area (Å²) in [7, 11) is 4.64. The minimum Gasteiger partial charge on any atom is -0.493 e. The van der Waals surface area contributed by atoms with Crippen molar-refractivity contribution in [3.8, 4) is 17.2 Å². The summed E-state index contributed by atoms with van der Waals surface area (Å²) in [6.45, 7) is 2.71. The zero-order chi connectivity index (χ0) is 20.6. The number of thiophene rings is 1. The van der Waals surface area contributed by atoms with Gasteiger partial charge in [-0.3, -0.25) is 9.69 Å². The number of amides is 1. The molecule has 1 N–H and O–H groups in total. The van der Waals surface area contributed by atoms with Gasteiger partial charge in [0, 0.05) is 17.0 Å². The molecule has 6 nitrogen and oxygen atoms in total. The van der Waals surface area contributed by atoms with Crippen molar-refractivity contribution in [3.05, 3.63) is 40.1 Å². The Kier molecular flexibility index (Phi) is 7.77. The van der Waals surface area contributed by atoms with Gasteiger partial charge in [-0.25, -0.2) is 0 Å². The highest BCUT2D eigenvalue weighted by molar-refractivity contribution is 7.10. The molecule has 0 radical (unpaired) electrons. The number of hydrogen-bond acceptors (Lipinski definition) is 6. The van der Waals surface area contributed by atoms with Crippen molar-refractivity contribution in [1.82, 2.24) is 10.2 Å². The summed E-state index contributed by atoms with van der Waals surface area (Å²) >= 11 is 1.75. The maximum atomic E-state index is 12.9. The molecule has 3 rings (SSSR count). The van der Waals surface area contributed by atoms with Crippen LogP contribution in [0.15, 0.2) is 29.6 Å². The fraction of sp³-hybridized carbons (Fsp3) is 0.500. The molecule has 1 amide bonds. The summed E-state index contributed by atoms with van der Waals surface area (Å²) in [5, 5.41) is 5.22. The smallest absolute Gasteiger partial charge is 0.251 e. The Hall–Kier alpha value is -2.25. The van der Waals surface area contributed by atoms with Crippen molar-refractivity contribution < 1.29 is 19.0 Å². The van der Waals surface area contributed by atoms with Crippen LogP contribution in [0.4, 0.5) is 0 Å². The molecule has 1 unspecified atom stereocenters. The molecule has 0 saturated carbocycles. The van der Waals surface area contributed by atoms with Crippen LogP contribution in [0.25, 0.3) is 0 Å². The van der Waals surface area contributed by atoms with E-state index in [-0.39, 0.29) is 11.9 Å². The lowest BCUT2D eigenvalue weighted by atomic mass is 10.1. The predicted molar refractivity (Wildman–Crippen MR) is 116 cm³/mol. The first kappa shape index (κ1) is 21.5. The minimum absolute atomic E-state index is 0.152. The number of likely N-dealkylation sites (tertiary alicyclic amines) is 1. The number of rotatable bonds is 8. The van der Waals surface area contributed by atoms with Gasteiger partial charge >= 0.3 is 0 Å². The SMILES string of the molecule is COc1cc(C(=O)NCC(c2cccs2)N2CCCCCC2)cc(OC)c1OC. The van der Waals surface area contributed by atoms with Crippen LogP contribution in [-0.2, 0) is 0 Å². The van der Waals surface area contributed by atoms with Gasteiger partial charge in [0.15, 0.2) is 11.5 Å². The second kappa shape index (κ2) is 10.5. The van der Waals surface area contributed by atoms with E-state index in [0.717, 1.165) is 13.1 Å². The number of hydrogen-bond donors (Lipinski definition) is 1. The highest BCUT2D eigenvalue weighted by atomic mass is 32.1. The van der Waals surface area contributed by atoms with Gasteiger partial charge in [0.2, 0.25) is 5.75 Å². The van der Waals surface area contributed by atoms with Crippen LogP contribution in [0.3, 0.4) is 0 Å². The Labute approximate surface area is 176 Å². The molecule has 1 aliphatic heterocycles. The Bertz CT molecular complexity index is 761. The molecule has 1 aromatic carbocycles. The lowest BCUT2D eigenvalue weighted by Crippen LogP contribution is -2.38. The zero-order valence-corrected chi connectivity index (χ0v) is 18.2. The van der Waals surface area contributed by atoms with Crippen LogP contribution < -0.4 is 19.5 Å². The number of nitrogens with one attached hydrogen (secondary N) is 1. The number of carbonyl (C=O) groups excluding carboxylic acids is 1. The third-order valence-corrected chi connectivity index (χ3v) is 6.31. The predicted octanol–water partition coefficient (Wildman–Crippen LogP) is 4.12. The summed E-state index contributed by atoms with van der Waals surface area (Å²) in [4.78, 5) is 16.7. The van der Waals surface area contributed by atoms with Gasteiger partial charge < -0.3 is 19.5 Å². The average Bonchev–Trinajstić information content (AvgIpc) is 3.15. The van der Waals surface area contributed by atoms with E-state index in [1.54, 1.807) is 44.8 Å². The Morgan fingerprint density at radius 3 is 2.24 bits per heavy atom. The molecule has 1 fully saturated rings. The molecule has 1 aliphatic rings. The average molecular weight is 419 g/mol. The van der Waals surface area contributed by atoms with Gasteiger partial charge in [0.25, 0.3) is 5.91 Å². The molecular weight excluding hydrogens is 388 g/mol. The topological polar surface area (TPSA) is 60.0 Å². The van der Waals surface area contributed by atoms with E-state index in [9.17, 15) is 4.79 Å². The highest BCUT2D eigenvalue weighted by Crippen LogP contribution is 2.38. The minimum atomic E-state index is -0.152. The molecule has 0 aliphatic carbocycles. The third-order valence-electron chi connectivity index (χ3n) is 5.34. The van der Waals surface area contributed by atoms with Crippen LogP contribution in [0.5, 0.6) is 17.2 Å². The lowest BCUT2D eigenvalue weighted by molar-refractivity contribution is 0.0933. The second-order valence-corrected chi connectivity index (χ2v) is 8.08. The summed E-state index contributed by atoms with van der Waals surface area (Å²) in [6.07, 6.45) is 4.99. The maximum Gasteiger partial charge on any atom is 0.251 e. The molecule has 1 saturated heterocycles. The van der Waals surface area contributed by atoms with E-state index in [1.807, 2.05) is 0 Å². The van der Waals surface area contributed by atoms with Crippen LogP contribution in [-0.4, -0.2) is 51.8 Å². The maximum absolute atomic E-state index is 12.9. The van der Waals surface area contributed by atoms with E-state index in [1.165, 1.54) is 30.6 Å². The van der Waals surface area contributed by atoms with Crippen LogP contribution in [0.1, 0.15) is 47.0 Å². The van der Waals surface area contributed by atoms with E-state index in [2.05, 4.69) is 27.7 Å². The quantitative estimate of drug-likeness (QED) is 0.699. The molecule has 0 bridgehead atoms. The van der Waals surface area contributed by atoms with E-state index < -0.39 is 0 Å². The van der Waals surface area contributed by atoms with Gasteiger partial charge in [-0.05, 0) is 49.5 Å². The molecule has 158 valence electrons. The fourth-order valence-electron chi connectivity index (χ4n) is 3.80. The van der Waals surface area contributed by atoms with Crippen molar-refractivity contribution in [2.45, 2.75) is 31.7 Å². The summed E-state index contributed by atoms with van der Waals surface area (Å²) in [6, 6.07) is 7.79. The molecule has 2 aromatic rings. The highest BCUT2D eigenvalue weighted by Gasteiger charge is 2.24. The first-order valence-electron chi connectivity index (χ1n) is 10.0. The van der Waals surface area contributed by atoms with Crippen LogP contribution >= 0.6 is 11.3 Å². The molecule has 7 heteroatoms. The van der Waals surface area contributed by atoms with Crippen molar-refractivity contribution in [1.29, 1.82) is 0 Å². The van der Waals surface area contributed by atoms with Gasteiger partial charge in [0.1, 0.15) is 0 Å². The first-order valence-corrected chi connectivity index (χ1v) is 10.9. The fourth-order valence-corrected chi connectivity index (χ4v) is 4.66. The summed E-state index contributed by atoms with van der Waals surface area (Å²) < 4.78 is 16.1. The summed E-state index contributed by atoms with van der Waals surface area (Å²) in [5.41, 5.74) is 0.486. The normalized spacial score (nSPS) is 16.0. The van der Waals surface area contributed by atoms with Crippen molar-refractivity contribution >= 4 is 17.2 Å². The molecule has 1 aromatic heterocycles. The third kappa shape index (κ3) is 5.22. The van der Waals surface area contributed by atoms with Gasteiger partial charge in [-0.2, -0.15) is 0 Å². The zero-order valence-electron chi connectivity index (χ0n) is 17.4. The molecule has 1 atom stereocenters. The number of benzene rings is 1. The Morgan fingerprint density at radius 2 is 1.72 bits per heavy atom. The van der Waals surface area contributed by atoms with Gasteiger partial charge in [0.05, 0.1) is 27.4 Å².